The third-order valence-electron chi connectivity index (χ3n) is 8.25. The summed E-state index contributed by atoms with van der Waals surface area (Å²) in [6, 6.07) is 24.6. The van der Waals surface area contributed by atoms with Crippen LogP contribution in [0.3, 0.4) is 0 Å². The maximum absolute atomic E-state index is 13.1. The normalized spacial score (nSPS) is 17.8. The number of ether oxygens (including phenoxy) is 1. The van der Waals surface area contributed by atoms with Crippen LogP contribution in [0.2, 0.25) is 0 Å². The summed E-state index contributed by atoms with van der Waals surface area (Å²) in [6.07, 6.45) is 3.92. The van der Waals surface area contributed by atoms with Crippen LogP contribution in [0, 0.1) is 10.1 Å². The highest BCUT2D eigenvalue weighted by molar-refractivity contribution is 7.85. The molecule has 12 nitrogen and oxygen atoms in total. The summed E-state index contributed by atoms with van der Waals surface area (Å²) in [4.78, 5) is 25.9. The number of nitro groups is 1. The molecular weight excluding hydrogens is 610 g/mol. The largest absolute Gasteiger partial charge is 0.463 e. The van der Waals surface area contributed by atoms with Gasteiger partial charge in [-0.05, 0) is 92.2 Å². The first-order valence-corrected chi connectivity index (χ1v) is 15.7. The van der Waals surface area contributed by atoms with Gasteiger partial charge in [0.1, 0.15) is 5.75 Å². The molecule has 4 aromatic rings. The molecule has 4 aromatic carbocycles. The Hall–Kier alpha value is -5.40. The minimum Gasteiger partial charge on any atom is -0.463 e. The van der Waals surface area contributed by atoms with Gasteiger partial charge in [-0.2, -0.15) is 18.6 Å². The summed E-state index contributed by atoms with van der Waals surface area (Å²) in [5.74, 6) is 0.317. The van der Waals surface area contributed by atoms with Gasteiger partial charge >= 0.3 is 0 Å². The quantitative estimate of drug-likeness (QED) is 0.0885. The zero-order valence-electron chi connectivity index (χ0n) is 24.8. The minimum absolute atomic E-state index is 0.0189. The maximum Gasteiger partial charge on any atom is 0.294 e. The molecule has 1 atom stereocenters. The lowest BCUT2D eigenvalue weighted by Crippen LogP contribution is -2.60. The third kappa shape index (κ3) is 5.61. The summed E-state index contributed by atoms with van der Waals surface area (Å²) < 4.78 is 38.2. The number of para-hydroxylation sites is 1. The molecule has 2 aliphatic rings. The van der Waals surface area contributed by atoms with Crippen LogP contribution in [0.25, 0.3) is 6.08 Å². The molecule has 0 saturated carbocycles. The van der Waals surface area contributed by atoms with Crippen LogP contribution in [0.15, 0.2) is 112 Å². The summed E-state index contributed by atoms with van der Waals surface area (Å²) in [5, 5.41) is 22.4. The molecule has 0 aliphatic carbocycles. The molecule has 46 heavy (non-hydrogen) atoms. The highest BCUT2D eigenvalue weighted by Crippen LogP contribution is 2.55. The van der Waals surface area contributed by atoms with Gasteiger partial charge in [0.2, 0.25) is 11.6 Å². The predicted molar refractivity (Wildman–Crippen MR) is 172 cm³/mol. The van der Waals surface area contributed by atoms with E-state index < -0.39 is 26.2 Å². The highest BCUT2D eigenvalue weighted by Gasteiger charge is 2.58. The van der Waals surface area contributed by atoms with Gasteiger partial charge in [-0.3, -0.25) is 19.5 Å². The van der Waals surface area contributed by atoms with Crippen molar-refractivity contribution >= 4 is 50.5 Å². The molecule has 1 amide bonds. The third-order valence-corrected chi connectivity index (χ3v) is 9.12. The van der Waals surface area contributed by atoms with E-state index in [1.54, 1.807) is 30.3 Å². The van der Waals surface area contributed by atoms with E-state index in [0.29, 0.717) is 34.9 Å². The van der Waals surface area contributed by atoms with E-state index in [-0.39, 0.29) is 22.9 Å². The summed E-state index contributed by atoms with van der Waals surface area (Å²) >= 11 is 0. The van der Waals surface area contributed by atoms with E-state index in [1.807, 2.05) is 36.4 Å². The molecule has 13 heteroatoms. The number of nitrogens with zero attached hydrogens (tertiary/aromatic N) is 4. The number of nitrogens with one attached hydrogen (secondary N) is 1. The lowest BCUT2D eigenvalue weighted by Gasteiger charge is -2.47. The monoisotopic (exact) mass is 639 g/mol. The zero-order chi connectivity index (χ0) is 32.7. The lowest BCUT2D eigenvalue weighted by atomic mass is 9.76. The molecular formula is C33H29N5O7S. The number of fused-ring (bicyclic) bond motifs is 2. The Kier molecular flexibility index (Phi) is 7.66. The van der Waals surface area contributed by atoms with Crippen molar-refractivity contribution in [3.8, 4) is 5.75 Å². The molecule has 0 radical (unpaired) electrons. The van der Waals surface area contributed by atoms with Crippen LogP contribution in [0.4, 0.5) is 28.4 Å². The van der Waals surface area contributed by atoms with Gasteiger partial charge in [-0.15, -0.1) is 0 Å². The standard InChI is InChI=1S/C33H29N5O7S/c1-32(2)28-5-3-4-6-29(28)37(33(32)19-17-22-21-26(38(40)41)13-16-30(22)45-33)20-18-31(39)34-23-7-9-24(10-8-23)35-36-25-11-14-27(15-12-25)46(42,43)44/h3-17,19,21H,18,20H2,1-2H3,(H,34,39)(H,42,43,44). The maximum atomic E-state index is 13.1. The number of anilines is 2. The second-order valence-electron chi connectivity index (χ2n) is 11.4. The fourth-order valence-electron chi connectivity index (χ4n) is 5.84. The topological polar surface area (TPSA) is 164 Å². The molecule has 2 heterocycles. The predicted octanol–water partition coefficient (Wildman–Crippen LogP) is 7.19. The number of amides is 1. The average Bonchev–Trinajstić information content (AvgIpc) is 3.21. The zero-order valence-corrected chi connectivity index (χ0v) is 25.6. The number of nitro benzene ring substituents is 1. The second kappa shape index (κ2) is 11.5. The van der Waals surface area contributed by atoms with Crippen molar-refractivity contribution in [2.75, 3.05) is 16.8 Å². The van der Waals surface area contributed by atoms with Crippen LogP contribution in [-0.2, 0) is 20.3 Å². The number of rotatable bonds is 8. The van der Waals surface area contributed by atoms with Crippen molar-refractivity contribution in [1.82, 2.24) is 0 Å². The van der Waals surface area contributed by atoms with E-state index in [1.165, 1.54) is 36.4 Å². The molecule has 0 fully saturated rings. The number of carbonyl (C=O) groups excluding carboxylic acids is 1. The Bertz CT molecular complexity index is 2010. The molecule has 1 spiro atoms. The number of azo groups is 1. The van der Waals surface area contributed by atoms with E-state index in [9.17, 15) is 23.3 Å². The summed E-state index contributed by atoms with van der Waals surface area (Å²) in [5.41, 5.74) is 2.58. The molecule has 0 bridgehead atoms. The number of hydrogen-bond donors (Lipinski definition) is 2. The Morgan fingerprint density at radius 3 is 2.28 bits per heavy atom. The van der Waals surface area contributed by atoms with E-state index in [0.717, 1.165) is 11.3 Å². The van der Waals surface area contributed by atoms with Crippen molar-refractivity contribution in [1.29, 1.82) is 0 Å². The Labute approximate surface area is 264 Å². The second-order valence-corrected chi connectivity index (χ2v) is 12.8. The Balaban J connectivity index is 1.15. The smallest absolute Gasteiger partial charge is 0.294 e. The SMILES string of the molecule is CC1(C)c2ccccc2N(CCC(=O)Nc2ccc(N=Nc3ccc(S(=O)(=O)O)cc3)cc2)C12C=Cc1cc([N+](=O)[O-])ccc1O2. The van der Waals surface area contributed by atoms with Crippen LogP contribution in [0.1, 0.15) is 31.4 Å². The van der Waals surface area contributed by atoms with Gasteiger partial charge in [-0.25, -0.2) is 0 Å². The van der Waals surface area contributed by atoms with Gasteiger partial charge in [-0.1, -0.05) is 18.2 Å². The molecule has 1 unspecified atom stereocenters. The average molecular weight is 640 g/mol. The van der Waals surface area contributed by atoms with Gasteiger partial charge in [0.15, 0.2) is 0 Å². The molecule has 234 valence electrons. The number of benzene rings is 4. The van der Waals surface area contributed by atoms with Crippen LogP contribution < -0.4 is 15.0 Å². The van der Waals surface area contributed by atoms with Gasteiger partial charge in [0, 0.05) is 42.0 Å². The van der Waals surface area contributed by atoms with Gasteiger partial charge in [0.25, 0.3) is 15.8 Å². The van der Waals surface area contributed by atoms with Gasteiger partial charge in [0.05, 0.1) is 26.6 Å². The minimum atomic E-state index is -4.29. The van der Waals surface area contributed by atoms with Crippen LogP contribution in [0.5, 0.6) is 5.75 Å². The van der Waals surface area contributed by atoms with E-state index in [4.69, 9.17) is 9.29 Å². The van der Waals surface area contributed by atoms with Crippen molar-refractivity contribution in [3.05, 3.63) is 118 Å². The van der Waals surface area contributed by atoms with Crippen molar-refractivity contribution in [3.63, 3.8) is 0 Å². The number of carbonyl (C=O) groups is 1. The molecule has 2 N–H and O–H groups in total. The van der Waals surface area contributed by atoms with E-state index in [2.05, 4.69) is 34.3 Å². The molecule has 2 aliphatic heterocycles. The summed E-state index contributed by atoms with van der Waals surface area (Å²) in [6.45, 7) is 4.50. The fraction of sp³-hybridized carbons (Fsp3) is 0.182. The molecule has 6 rings (SSSR count). The molecule has 0 aromatic heterocycles. The van der Waals surface area contributed by atoms with Crippen LogP contribution >= 0.6 is 0 Å². The van der Waals surface area contributed by atoms with Crippen LogP contribution in [-0.4, -0.2) is 36.1 Å². The first kappa shape index (κ1) is 30.6. The molecule has 0 saturated heterocycles. The summed E-state index contributed by atoms with van der Waals surface area (Å²) in [7, 11) is -4.29. The highest BCUT2D eigenvalue weighted by atomic mass is 32.2. The Morgan fingerprint density at radius 1 is 0.978 bits per heavy atom. The first-order chi connectivity index (χ1) is 21.9. The number of non-ortho nitro benzene ring substituents is 1. The number of hydrogen-bond acceptors (Lipinski definition) is 9. The van der Waals surface area contributed by atoms with Crippen molar-refractivity contribution in [2.24, 2.45) is 10.2 Å². The fourth-order valence-corrected chi connectivity index (χ4v) is 6.32. The van der Waals surface area contributed by atoms with Gasteiger partial charge < -0.3 is 15.0 Å². The Morgan fingerprint density at radius 2 is 1.63 bits per heavy atom. The van der Waals surface area contributed by atoms with Crippen molar-refractivity contribution < 1.29 is 27.4 Å². The van der Waals surface area contributed by atoms with E-state index >= 15 is 0 Å². The first-order valence-electron chi connectivity index (χ1n) is 14.3. The van der Waals surface area contributed by atoms with Crippen molar-refractivity contribution in [2.45, 2.75) is 36.3 Å². The lowest BCUT2D eigenvalue weighted by molar-refractivity contribution is -0.384.